The van der Waals surface area contributed by atoms with Crippen LogP contribution >= 0.6 is 24.0 Å². The predicted octanol–water partition coefficient (Wildman–Crippen LogP) is 3.17. The van der Waals surface area contributed by atoms with E-state index in [0.717, 1.165) is 15.8 Å². The van der Waals surface area contributed by atoms with Gasteiger partial charge in [-0.15, -0.1) is 11.8 Å². The molecule has 0 fully saturated rings. The van der Waals surface area contributed by atoms with Crippen LogP contribution in [0.2, 0.25) is 0 Å². The van der Waals surface area contributed by atoms with Crippen LogP contribution in [0.4, 0.5) is 5.69 Å². The van der Waals surface area contributed by atoms with Gasteiger partial charge in [-0.1, -0.05) is 12.2 Å². The molecular weight excluding hydrogens is 226 g/mol. The summed E-state index contributed by atoms with van der Waals surface area (Å²) in [5.41, 5.74) is 1.08. The molecule has 82 valence electrons. The standard InChI is InChI=1S/C11H15NOS2/c1-4-13-10-7-5-9(6-8-10)12(2)11(14)15-3/h5-8H,4H2,1-3H3. The lowest BCUT2D eigenvalue weighted by molar-refractivity contribution is 0.340. The van der Waals surface area contributed by atoms with Gasteiger partial charge in [0.25, 0.3) is 0 Å². The van der Waals surface area contributed by atoms with Crippen LogP contribution in [0.1, 0.15) is 6.92 Å². The van der Waals surface area contributed by atoms with Crippen molar-refractivity contribution >= 4 is 34.0 Å². The maximum Gasteiger partial charge on any atom is 0.140 e. The Morgan fingerprint density at radius 3 is 2.47 bits per heavy atom. The minimum Gasteiger partial charge on any atom is -0.494 e. The average Bonchev–Trinajstić information content (AvgIpc) is 2.28. The Morgan fingerprint density at radius 1 is 1.40 bits per heavy atom. The van der Waals surface area contributed by atoms with Crippen LogP contribution in [0.5, 0.6) is 5.75 Å². The van der Waals surface area contributed by atoms with Gasteiger partial charge in [-0.2, -0.15) is 0 Å². The molecule has 0 atom stereocenters. The van der Waals surface area contributed by atoms with Gasteiger partial charge in [-0.3, -0.25) is 0 Å². The van der Waals surface area contributed by atoms with Gasteiger partial charge >= 0.3 is 0 Å². The summed E-state index contributed by atoms with van der Waals surface area (Å²) in [6.07, 6.45) is 1.98. The molecule has 1 aromatic rings. The highest BCUT2D eigenvalue weighted by Gasteiger charge is 2.05. The summed E-state index contributed by atoms with van der Waals surface area (Å²) in [6.45, 7) is 2.67. The fourth-order valence-corrected chi connectivity index (χ4v) is 1.66. The summed E-state index contributed by atoms with van der Waals surface area (Å²) in [7, 11) is 1.97. The molecule has 0 aliphatic carbocycles. The van der Waals surface area contributed by atoms with Crippen molar-refractivity contribution in [1.82, 2.24) is 0 Å². The first kappa shape index (κ1) is 12.3. The molecule has 1 rings (SSSR count). The van der Waals surface area contributed by atoms with Crippen molar-refractivity contribution in [3.63, 3.8) is 0 Å². The van der Waals surface area contributed by atoms with Crippen LogP contribution < -0.4 is 9.64 Å². The van der Waals surface area contributed by atoms with Gasteiger partial charge in [0.2, 0.25) is 0 Å². The average molecular weight is 241 g/mol. The van der Waals surface area contributed by atoms with Crippen molar-refractivity contribution in [1.29, 1.82) is 0 Å². The van der Waals surface area contributed by atoms with Gasteiger partial charge < -0.3 is 9.64 Å². The Labute approximate surface area is 101 Å². The predicted molar refractivity (Wildman–Crippen MR) is 72.1 cm³/mol. The molecule has 1 aromatic carbocycles. The molecule has 0 N–H and O–H groups in total. The van der Waals surface area contributed by atoms with Gasteiger partial charge in [-0.05, 0) is 37.4 Å². The number of benzene rings is 1. The number of anilines is 1. The molecule has 15 heavy (non-hydrogen) atoms. The van der Waals surface area contributed by atoms with E-state index in [9.17, 15) is 0 Å². The van der Waals surface area contributed by atoms with Crippen molar-refractivity contribution in [2.45, 2.75) is 6.92 Å². The van der Waals surface area contributed by atoms with Crippen LogP contribution in [-0.2, 0) is 0 Å². The third-order valence-electron chi connectivity index (χ3n) is 1.98. The largest absolute Gasteiger partial charge is 0.494 e. The number of rotatable bonds is 3. The lowest BCUT2D eigenvalue weighted by Crippen LogP contribution is -2.20. The topological polar surface area (TPSA) is 12.5 Å². The van der Waals surface area contributed by atoms with Crippen LogP contribution in [-0.4, -0.2) is 24.2 Å². The first-order valence-corrected chi connectivity index (χ1v) is 6.37. The maximum absolute atomic E-state index is 5.37. The molecule has 4 heteroatoms. The van der Waals surface area contributed by atoms with Crippen molar-refractivity contribution in [3.8, 4) is 5.75 Å². The van der Waals surface area contributed by atoms with Gasteiger partial charge in [0.1, 0.15) is 10.1 Å². The quantitative estimate of drug-likeness (QED) is 0.753. The first-order valence-electron chi connectivity index (χ1n) is 4.73. The van der Waals surface area contributed by atoms with Crippen molar-refractivity contribution in [3.05, 3.63) is 24.3 Å². The maximum atomic E-state index is 5.37. The van der Waals surface area contributed by atoms with Crippen molar-refractivity contribution in [2.75, 3.05) is 24.8 Å². The monoisotopic (exact) mass is 241 g/mol. The fraction of sp³-hybridized carbons (Fsp3) is 0.364. The summed E-state index contributed by atoms with van der Waals surface area (Å²) in [5, 5.41) is 0. The highest BCUT2D eigenvalue weighted by atomic mass is 32.2. The van der Waals surface area contributed by atoms with Gasteiger partial charge in [0.15, 0.2) is 0 Å². The van der Waals surface area contributed by atoms with Crippen molar-refractivity contribution < 1.29 is 4.74 Å². The fourth-order valence-electron chi connectivity index (χ4n) is 1.17. The number of ether oxygens (including phenoxy) is 1. The first-order chi connectivity index (χ1) is 7.19. The molecule has 0 spiro atoms. The van der Waals surface area contributed by atoms with E-state index in [1.54, 1.807) is 11.8 Å². The number of nitrogens with zero attached hydrogens (tertiary/aromatic N) is 1. The Balaban J connectivity index is 2.75. The number of thioether (sulfide) groups is 1. The third kappa shape index (κ3) is 3.39. The molecular formula is C11H15NOS2. The normalized spacial score (nSPS) is 9.80. The Hall–Kier alpha value is -0.740. The Bertz CT molecular complexity index is 324. The van der Waals surface area contributed by atoms with E-state index in [-0.39, 0.29) is 0 Å². The number of hydrogen-bond acceptors (Lipinski definition) is 3. The Morgan fingerprint density at radius 2 is 2.00 bits per heavy atom. The van der Waals surface area contributed by atoms with E-state index >= 15 is 0 Å². The SMILES string of the molecule is CCOc1ccc(N(C)C(=S)SC)cc1. The Kier molecular flexibility index (Phi) is 4.91. The van der Waals surface area contributed by atoms with Gasteiger partial charge in [0.05, 0.1) is 6.61 Å². The molecule has 0 aliphatic rings. The summed E-state index contributed by atoms with van der Waals surface area (Å²) in [4.78, 5) is 1.98. The summed E-state index contributed by atoms with van der Waals surface area (Å²) < 4.78 is 6.23. The lowest BCUT2D eigenvalue weighted by Gasteiger charge is -2.18. The molecule has 0 aromatic heterocycles. The zero-order valence-corrected chi connectivity index (χ0v) is 10.8. The van der Waals surface area contributed by atoms with Crippen LogP contribution in [0.15, 0.2) is 24.3 Å². The second-order valence-electron chi connectivity index (χ2n) is 2.96. The molecule has 2 nitrogen and oxygen atoms in total. The molecule has 0 heterocycles. The summed E-state index contributed by atoms with van der Waals surface area (Å²) in [5.74, 6) is 0.893. The van der Waals surface area contributed by atoms with E-state index in [4.69, 9.17) is 17.0 Å². The molecule has 0 bridgehead atoms. The zero-order chi connectivity index (χ0) is 11.3. The van der Waals surface area contributed by atoms with E-state index in [1.807, 2.05) is 49.4 Å². The highest BCUT2D eigenvalue weighted by Crippen LogP contribution is 2.20. The van der Waals surface area contributed by atoms with E-state index < -0.39 is 0 Å². The summed E-state index contributed by atoms with van der Waals surface area (Å²) in [6, 6.07) is 7.93. The second-order valence-corrected chi connectivity index (χ2v) is 4.40. The van der Waals surface area contributed by atoms with Gasteiger partial charge in [-0.25, -0.2) is 0 Å². The van der Waals surface area contributed by atoms with Crippen LogP contribution in [0.3, 0.4) is 0 Å². The smallest absolute Gasteiger partial charge is 0.140 e. The number of thiocarbonyl (C=S) groups is 1. The van der Waals surface area contributed by atoms with E-state index in [1.165, 1.54) is 0 Å². The zero-order valence-electron chi connectivity index (χ0n) is 9.19. The molecule has 0 unspecified atom stereocenters. The van der Waals surface area contributed by atoms with Crippen LogP contribution in [0, 0.1) is 0 Å². The minimum atomic E-state index is 0.693. The molecule has 0 saturated carbocycles. The van der Waals surface area contributed by atoms with E-state index in [2.05, 4.69) is 0 Å². The minimum absolute atomic E-state index is 0.693. The summed E-state index contributed by atoms with van der Waals surface area (Å²) >= 11 is 6.77. The molecule has 0 saturated heterocycles. The van der Waals surface area contributed by atoms with Crippen LogP contribution in [0.25, 0.3) is 0 Å². The van der Waals surface area contributed by atoms with Crippen molar-refractivity contribution in [2.24, 2.45) is 0 Å². The third-order valence-corrected chi connectivity index (χ3v) is 3.38. The lowest BCUT2D eigenvalue weighted by atomic mass is 10.3. The molecule has 0 amide bonds. The number of hydrogen-bond donors (Lipinski definition) is 0. The van der Waals surface area contributed by atoms with E-state index in [0.29, 0.717) is 6.61 Å². The molecule has 0 aliphatic heterocycles. The highest BCUT2D eigenvalue weighted by molar-refractivity contribution is 8.22. The van der Waals surface area contributed by atoms with Gasteiger partial charge in [0, 0.05) is 12.7 Å². The molecule has 0 radical (unpaired) electrons. The second kappa shape index (κ2) is 5.98.